The maximum absolute atomic E-state index is 11.9. The van der Waals surface area contributed by atoms with Crippen LogP contribution in [-0.2, 0) is 9.84 Å². The number of methoxy groups -OCH3 is 1. The molecule has 2 rings (SSSR count). The van der Waals surface area contributed by atoms with Gasteiger partial charge in [-0.1, -0.05) is 6.07 Å². The highest BCUT2D eigenvalue weighted by Gasteiger charge is 2.39. The lowest BCUT2D eigenvalue weighted by molar-refractivity contribution is 0.242. The Morgan fingerprint density at radius 1 is 1.40 bits per heavy atom. The maximum atomic E-state index is 11.9. The van der Waals surface area contributed by atoms with E-state index in [-0.39, 0.29) is 11.5 Å². The highest BCUT2D eigenvalue weighted by atomic mass is 32.2. The van der Waals surface area contributed by atoms with E-state index in [4.69, 9.17) is 4.74 Å². The summed E-state index contributed by atoms with van der Waals surface area (Å²) >= 11 is 0. The number of hydrogen-bond acceptors (Lipinski definition) is 4. The van der Waals surface area contributed by atoms with Crippen molar-refractivity contribution in [3.05, 3.63) is 24.3 Å². The number of nitrogens with one attached hydrogen (secondary N) is 2. The predicted molar refractivity (Wildman–Crippen MR) is 76.8 cm³/mol. The third-order valence-electron chi connectivity index (χ3n) is 3.25. The lowest BCUT2D eigenvalue weighted by Crippen LogP contribution is -2.48. The molecule has 1 saturated heterocycles. The maximum Gasteiger partial charge on any atom is 0.319 e. The number of hydrogen-bond donors (Lipinski definition) is 2. The zero-order valence-corrected chi connectivity index (χ0v) is 12.3. The summed E-state index contributed by atoms with van der Waals surface area (Å²) in [6.45, 7) is 1.74. The highest BCUT2D eigenvalue weighted by Crippen LogP contribution is 2.23. The van der Waals surface area contributed by atoms with Gasteiger partial charge in [-0.25, -0.2) is 13.2 Å². The van der Waals surface area contributed by atoms with Crippen LogP contribution in [0, 0.1) is 0 Å². The molecule has 1 aromatic rings. The van der Waals surface area contributed by atoms with E-state index < -0.39 is 21.4 Å². The fourth-order valence-electron chi connectivity index (χ4n) is 2.25. The largest absolute Gasteiger partial charge is 0.497 e. The first-order valence-electron chi connectivity index (χ1n) is 6.26. The molecule has 0 bridgehead atoms. The van der Waals surface area contributed by atoms with Crippen LogP contribution in [0.25, 0.3) is 0 Å². The quantitative estimate of drug-likeness (QED) is 0.883. The van der Waals surface area contributed by atoms with Crippen molar-refractivity contribution in [2.24, 2.45) is 0 Å². The first kappa shape index (κ1) is 14.6. The van der Waals surface area contributed by atoms with Gasteiger partial charge in [0.15, 0.2) is 9.84 Å². The highest BCUT2D eigenvalue weighted by molar-refractivity contribution is 7.91. The van der Waals surface area contributed by atoms with Crippen LogP contribution in [0.3, 0.4) is 0 Å². The van der Waals surface area contributed by atoms with Crippen LogP contribution in [0.1, 0.15) is 13.3 Å². The number of ether oxygens (including phenoxy) is 1. The van der Waals surface area contributed by atoms with Gasteiger partial charge in [-0.3, -0.25) is 0 Å². The summed E-state index contributed by atoms with van der Waals surface area (Å²) in [5.74, 6) is 0.728. The molecule has 0 spiro atoms. The van der Waals surface area contributed by atoms with Crippen LogP contribution in [0.5, 0.6) is 5.75 Å². The van der Waals surface area contributed by atoms with Crippen LogP contribution in [0.2, 0.25) is 0 Å². The topological polar surface area (TPSA) is 84.5 Å². The summed E-state index contributed by atoms with van der Waals surface area (Å²) in [4.78, 5) is 11.9. The molecule has 1 heterocycles. The molecule has 6 nitrogen and oxygen atoms in total. The Bertz CT molecular complexity index is 615. The van der Waals surface area contributed by atoms with Gasteiger partial charge in [0.2, 0.25) is 0 Å². The number of amides is 2. The number of carbonyl (C=O) groups excluding carboxylic acids is 1. The normalized spacial score (nSPS) is 24.1. The number of benzene rings is 1. The number of sulfone groups is 1. The van der Waals surface area contributed by atoms with Crippen molar-refractivity contribution in [2.75, 3.05) is 23.9 Å². The first-order chi connectivity index (χ1) is 9.32. The van der Waals surface area contributed by atoms with Crippen LogP contribution in [-0.4, -0.2) is 38.6 Å². The molecule has 0 aromatic heterocycles. The molecule has 0 aliphatic carbocycles. The minimum atomic E-state index is -3.05. The zero-order chi connectivity index (χ0) is 14.8. The molecule has 0 radical (unpaired) electrons. The fraction of sp³-hybridized carbons (Fsp3) is 0.462. The Morgan fingerprint density at radius 2 is 2.15 bits per heavy atom. The molecule has 1 atom stereocenters. The summed E-state index contributed by atoms with van der Waals surface area (Å²) in [5.41, 5.74) is -0.117. The molecular formula is C13H18N2O4S. The summed E-state index contributed by atoms with van der Waals surface area (Å²) in [6.07, 6.45) is 0.431. The lowest BCUT2D eigenvalue weighted by Gasteiger charge is -2.24. The van der Waals surface area contributed by atoms with Crippen LogP contribution < -0.4 is 15.4 Å². The molecule has 20 heavy (non-hydrogen) atoms. The zero-order valence-electron chi connectivity index (χ0n) is 11.5. The second kappa shape index (κ2) is 5.32. The Labute approximate surface area is 118 Å². The summed E-state index contributed by atoms with van der Waals surface area (Å²) in [7, 11) is -1.50. The molecule has 2 amide bonds. The van der Waals surface area contributed by atoms with Gasteiger partial charge in [-0.15, -0.1) is 0 Å². The molecule has 1 unspecified atom stereocenters. The van der Waals surface area contributed by atoms with Gasteiger partial charge in [0.25, 0.3) is 0 Å². The van der Waals surface area contributed by atoms with Crippen molar-refractivity contribution in [2.45, 2.75) is 18.9 Å². The van der Waals surface area contributed by atoms with Crippen molar-refractivity contribution in [3.8, 4) is 5.75 Å². The molecule has 1 aliphatic heterocycles. The summed E-state index contributed by atoms with van der Waals surface area (Å²) in [5, 5.41) is 5.40. The number of urea groups is 1. The Hall–Kier alpha value is -1.76. The second-order valence-corrected chi connectivity index (χ2v) is 7.40. The molecular weight excluding hydrogens is 280 g/mol. The van der Waals surface area contributed by atoms with E-state index in [2.05, 4.69) is 10.6 Å². The standard InChI is InChI=1S/C13H18N2O4S/c1-13(6-7-20(17,18)9-13)15-12(16)14-10-4-3-5-11(8-10)19-2/h3-5,8H,6-7,9H2,1-2H3,(H2,14,15,16). The van der Waals surface area contributed by atoms with E-state index in [1.165, 1.54) is 0 Å². The van der Waals surface area contributed by atoms with E-state index in [1.807, 2.05) is 0 Å². The Morgan fingerprint density at radius 3 is 2.75 bits per heavy atom. The average Bonchev–Trinajstić information content (AvgIpc) is 2.63. The minimum absolute atomic E-state index is 0.0223. The van der Waals surface area contributed by atoms with E-state index in [1.54, 1.807) is 38.3 Å². The Kier molecular flexibility index (Phi) is 3.89. The van der Waals surface area contributed by atoms with Crippen LogP contribution >= 0.6 is 0 Å². The van der Waals surface area contributed by atoms with Gasteiger partial charge < -0.3 is 15.4 Å². The number of rotatable bonds is 3. The average molecular weight is 298 g/mol. The molecule has 2 N–H and O–H groups in total. The molecule has 1 fully saturated rings. The summed E-state index contributed by atoms with van der Waals surface area (Å²) < 4.78 is 28.0. The smallest absolute Gasteiger partial charge is 0.319 e. The predicted octanol–water partition coefficient (Wildman–Crippen LogP) is 1.39. The number of anilines is 1. The Balaban J connectivity index is 1.99. The van der Waals surface area contributed by atoms with Gasteiger partial charge in [-0.2, -0.15) is 0 Å². The molecule has 1 aliphatic rings. The van der Waals surface area contributed by atoms with E-state index in [0.29, 0.717) is 17.9 Å². The minimum Gasteiger partial charge on any atom is -0.497 e. The summed E-state index contributed by atoms with van der Waals surface area (Å²) in [6, 6.07) is 6.53. The molecule has 7 heteroatoms. The van der Waals surface area contributed by atoms with Gasteiger partial charge in [0.1, 0.15) is 5.75 Å². The van der Waals surface area contributed by atoms with E-state index >= 15 is 0 Å². The van der Waals surface area contributed by atoms with Gasteiger partial charge in [0.05, 0.1) is 24.2 Å². The van der Waals surface area contributed by atoms with Crippen LogP contribution in [0.4, 0.5) is 10.5 Å². The number of carbonyl (C=O) groups is 1. The molecule has 1 aromatic carbocycles. The van der Waals surface area contributed by atoms with Gasteiger partial charge in [-0.05, 0) is 25.5 Å². The first-order valence-corrected chi connectivity index (χ1v) is 8.08. The molecule has 0 saturated carbocycles. The van der Waals surface area contributed by atoms with Crippen molar-refractivity contribution < 1.29 is 17.9 Å². The molecule has 110 valence electrons. The van der Waals surface area contributed by atoms with Crippen molar-refractivity contribution in [1.82, 2.24) is 5.32 Å². The van der Waals surface area contributed by atoms with Crippen molar-refractivity contribution in [1.29, 1.82) is 0 Å². The third kappa shape index (κ3) is 3.63. The second-order valence-electron chi connectivity index (χ2n) is 5.21. The third-order valence-corrected chi connectivity index (χ3v) is 5.15. The monoisotopic (exact) mass is 298 g/mol. The SMILES string of the molecule is COc1cccc(NC(=O)NC2(C)CCS(=O)(=O)C2)c1. The van der Waals surface area contributed by atoms with Crippen molar-refractivity contribution in [3.63, 3.8) is 0 Å². The van der Waals surface area contributed by atoms with Crippen LogP contribution in [0.15, 0.2) is 24.3 Å². The van der Waals surface area contributed by atoms with E-state index in [0.717, 1.165) is 0 Å². The fourth-order valence-corrected chi connectivity index (χ4v) is 4.34. The van der Waals surface area contributed by atoms with Gasteiger partial charge in [0, 0.05) is 11.8 Å². The van der Waals surface area contributed by atoms with Gasteiger partial charge >= 0.3 is 6.03 Å². The van der Waals surface area contributed by atoms with Crippen molar-refractivity contribution >= 4 is 21.6 Å². The van der Waals surface area contributed by atoms with E-state index in [9.17, 15) is 13.2 Å². The lowest BCUT2D eigenvalue weighted by atomic mass is 10.0.